The Morgan fingerprint density at radius 2 is 2.33 bits per heavy atom. The van der Waals surface area contributed by atoms with E-state index in [1.165, 1.54) is 0 Å². The van der Waals surface area contributed by atoms with Crippen LogP contribution in [-0.2, 0) is 14.3 Å². The van der Waals surface area contributed by atoms with Gasteiger partial charge in [0.25, 0.3) is 5.91 Å². The number of carbonyl (C=O) groups excluding carboxylic acids is 2. The van der Waals surface area contributed by atoms with Gasteiger partial charge in [-0.25, -0.2) is 5.43 Å². The van der Waals surface area contributed by atoms with Gasteiger partial charge in [0.05, 0.1) is 5.60 Å². The van der Waals surface area contributed by atoms with Crippen LogP contribution in [0.3, 0.4) is 0 Å². The Hall–Kier alpha value is -1.47. The molecule has 102 valence electrons. The molecule has 18 heavy (non-hydrogen) atoms. The summed E-state index contributed by atoms with van der Waals surface area (Å²) in [5, 5.41) is 16.2. The summed E-state index contributed by atoms with van der Waals surface area (Å²) in [4.78, 5) is 22.6. The molecule has 1 heterocycles. The fraction of sp³-hybridized carbons (Fsp3) is 0.727. The summed E-state index contributed by atoms with van der Waals surface area (Å²) >= 11 is 0. The Labute approximate surface area is 106 Å². The number of aliphatic hydroxyl groups is 1. The van der Waals surface area contributed by atoms with Crippen LogP contribution in [0, 0.1) is 0 Å². The van der Waals surface area contributed by atoms with Crippen molar-refractivity contribution >= 4 is 17.5 Å². The predicted molar refractivity (Wildman–Crippen MR) is 64.9 cm³/mol. The molecule has 1 unspecified atom stereocenters. The Morgan fingerprint density at radius 3 is 2.89 bits per heavy atom. The van der Waals surface area contributed by atoms with Crippen molar-refractivity contribution in [1.29, 1.82) is 0 Å². The monoisotopic (exact) mass is 257 g/mol. The van der Waals surface area contributed by atoms with E-state index in [9.17, 15) is 14.7 Å². The highest BCUT2D eigenvalue weighted by Gasteiger charge is 2.23. The molecule has 0 aliphatic carbocycles. The van der Waals surface area contributed by atoms with Gasteiger partial charge in [0.15, 0.2) is 0 Å². The molecule has 0 aromatic rings. The summed E-state index contributed by atoms with van der Waals surface area (Å²) < 4.78 is 4.87. The molecule has 0 fully saturated rings. The number of carbonyl (C=O) groups is 2. The van der Waals surface area contributed by atoms with Gasteiger partial charge >= 0.3 is 0 Å². The van der Waals surface area contributed by atoms with Crippen molar-refractivity contribution in [3.63, 3.8) is 0 Å². The molecule has 0 saturated carbocycles. The highest BCUT2D eigenvalue weighted by Crippen LogP contribution is 2.08. The van der Waals surface area contributed by atoms with Crippen molar-refractivity contribution in [2.24, 2.45) is 5.10 Å². The van der Waals surface area contributed by atoms with E-state index in [1.54, 1.807) is 14.0 Å². The van der Waals surface area contributed by atoms with Crippen LogP contribution in [0.25, 0.3) is 0 Å². The van der Waals surface area contributed by atoms with Crippen molar-refractivity contribution < 1.29 is 19.4 Å². The number of rotatable bonds is 6. The number of hydrogen-bond donors (Lipinski definition) is 3. The Balaban J connectivity index is 2.39. The van der Waals surface area contributed by atoms with Crippen LogP contribution in [0.15, 0.2) is 5.10 Å². The largest absolute Gasteiger partial charge is 0.388 e. The first-order valence-electron chi connectivity index (χ1n) is 5.79. The standard InChI is InChI=1S/C11H19N3O4/c1-11(17,5-6-18-2)7-12-10(16)8-3-4-9(15)14-13-8/h17H,3-7H2,1-2H3,(H,12,16)(H,14,15). The summed E-state index contributed by atoms with van der Waals surface area (Å²) in [6.07, 6.45) is 0.997. The summed E-state index contributed by atoms with van der Waals surface area (Å²) in [7, 11) is 1.55. The van der Waals surface area contributed by atoms with Crippen LogP contribution < -0.4 is 10.7 Å². The molecular formula is C11H19N3O4. The van der Waals surface area contributed by atoms with Crippen LogP contribution >= 0.6 is 0 Å². The zero-order valence-corrected chi connectivity index (χ0v) is 10.7. The molecule has 1 aliphatic rings. The van der Waals surface area contributed by atoms with Crippen molar-refractivity contribution in [1.82, 2.24) is 10.7 Å². The molecule has 0 spiro atoms. The number of hydrazone groups is 1. The molecule has 3 N–H and O–H groups in total. The second-order valence-corrected chi connectivity index (χ2v) is 4.52. The molecular weight excluding hydrogens is 238 g/mol. The lowest BCUT2D eigenvalue weighted by atomic mass is 10.0. The lowest BCUT2D eigenvalue weighted by molar-refractivity contribution is -0.121. The molecule has 0 radical (unpaired) electrons. The number of hydrogen-bond acceptors (Lipinski definition) is 5. The number of nitrogens with one attached hydrogen (secondary N) is 2. The molecule has 1 rings (SSSR count). The summed E-state index contributed by atoms with van der Waals surface area (Å²) in [5.41, 5.74) is 1.50. The topological polar surface area (TPSA) is 100 Å². The van der Waals surface area contributed by atoms with Crippen molar-refractivity contribution in [3.05, 3.63) is 0 Å². The van der Waals surface area contributed by atoms with E-state index < -0.39 is 5.60 Å². The smallest absolute Gasteiger partial charge is 0.267 e. The normalized spacial score (nSPS) is 18.6. The quantitative estimate of drug-likeness (QED) is 0.577. The fourth-order valence-corrected chi connectivity index (χ4v) is 1.42. The predicted octanol–water partition coefficient (Wildman–Crippen LogP) is -0.844. The molecule has 7 nitrogen and oxygen atoms in total. The Kier molecular flexibility index (Phi) is 5.24. The van der Waals surface area contributed by atoms with E-state index in [0.717, 1.165) is 0 Å². The minimum Gasteiger partial charge on any atom is -0.388 e. The van der Waals surface area contributed by atoms with Gasteiger partial charge in [-0.2, -0.15) is 5.10 Å². The number of ether oxygens (including phenoxy) is 1. The van der Waals surface area contributed by atoms with Gasteiger partial charge in [0, 0.05) is 39.5 Å². The first-order valence-corrected chi connectivity index (χ1v) is 5.79. The van der Waals surface area contributed by atoms with E-state index in [1.807, 2.05) is 0 Å². The molecule has 0 aromatic carbocycles. The minimum atomic E-state index is -1.02. The lowest BCUT2D eigenvalue weighted by Crippen LogP contribution is -2.45. The summed E-state index contributed by atoms with van der Waals surface area (Å²) in [5.74, 6) is -0.564. The maximum atomic E-state index is 11.7. The van der Waals surface area contributed by atoms with Crippen LogP contribution in [-0.4, -0.2) is 48.5 Å². The molecule has 0 bridgehead atoms. The van der Waals surface area contributed by atoms with Crippen LogP contribution in [0.4, 0.5) is 0 Å². The van der Waals surface area contributed by atoms with Crippen molar-refractivity contribution in [2.75, 3.05) is 20.3 Å². The first kappa shape index (κ1) is 14.6. The molecule has 0 saturated heterocycles. The number of nitrogens with zero attached hydrogens (tertiary/aromatic N) is 1. The van der Waals surface area contributed by atoms with Gasteiger partial charge in [-0.1, -0.05) is 0 Å². The average molecular weight is 257 g/mol. The molecule has 1 aliphatic heterocycles. The van der Waals surface area contributed by atoms with Gasteiger partial charge < -0.3 is 15.2 Å². The first-order chi connectivity index (χ1) is 8.44. The van der Waals surface area contributed by atoms with E-state index in [-0.39, 0.29) is 30.5 Å². The van der Waals surface area contributed by atoms with Gasteiger partial charge in [-0.3, -0.25) is 9.59 Å². The third kappa shape index (κ3) is 4.80. The van der Waals surface area contributed by atoms with E-state index in [4.69, 9.17) is 4.74 Å². The minimum absolute atomic E-state index is 0.113. The Bertz CT molecular complexity index is 352. The van der Waals surface area contributed by atoms with Gasteiger partial charge in [0.1, 0.15) is 5.71 Å². The number of amides is 2. The van der Waals surface area contributed by atoms with Crippen molar-refractivity contribution in [3.8, 4) is 0 Å². The second kappa shape index (κ2) is 6.46. The highest BCUT2D eigenvalue weighted by molar-refractivity contribution is 6.39. The summed E-state index contributed by atoms with van der Waals surface area (Å²) in [6, 6.07) is 0. The zero-order valence-electron chi connectivity index (χ0n) is 10.7. The third-order valence-electron chi connectivity index (χ3n) is 2.64. The second-order valence-electron chi connectivity index (χ2n) is 4.52. The summed E-state index contributed by atoms with van der Waals surface area (Å²) in [6.45, 7) is 2.15. The van der Waals surface area contributed by atoms with Crippen LogP contribution in [0.5, 0.6) is 0 Å². The Morgan fingerprint density at radius 1 is 1.61 bits per heavy atom. The lowest BCUT2D eigenvalue weighted by Gasteiger charge is -2.23. The van der Waals surface area contributed by atoms with E-state index in [0.29, 0.717) is 19.4 Å². The zero-order chi connectivity index (χ0) is 13.6. The van der Waals surface area contributed by atoms with Crippen LogP contribution in [0.2, 0.25) is 0 Å². The SMILES string of the molecule is COCCC(C)(O)CNC(=O)C1=NNC(=O)CC1. The van der Waals surface area contributed by atoms with E-state index in [2.05, 4.69) is 15.8 Å². The maximum absolute atomic E-state index is 11.7. The molecule has 7 heteroatoms. The third-order valence-corrected chi connectivity index (χ3v) is 2.64. The van der Waals surface area contributed by atoms with Gasteiger partial charge in [-0.05, 0) is 6.92 Å². The highest BCUT2D eigenvalue weighted by atomic mass is 16.5. The van der Waals surface area contributed by atoms with Crippen LogP contribution in [0.1, 0.15) is 26.2 Å². The van der Waals surface area contributed by atoms with Gasteiger partial charge in [0.2, 0.25) is 5.91 Å². The van der Waals surface area contributed by atoms with Gasteiger partial charge in [-0.15, -0.1) is 0 Å². The molecule has 1 atom stereocenters. The molecule has 0 aromatic heterocycles. The van der Waals surface area contributed by atoms with E-state index >= 15 is 0 Å². The fourth-order valence-electron chi connectivity index (χ4n) is 1.42. The molecule has 2 amide bonds. The maximum Gasteiger partial charge on any atom is 0.267 e. The number of methoxy groups -OCH3 is 1. The van der Waals surface area contributed by atoms with Crippen molar-refractivity contribution in [2.45, 2.75) is 31.8 Å². The average Bonchev–Trinajstić information content (AvgIpc) is 2.35.